The molecule has 0 aliphatic heterocycles. The summed E-state index contributed by atoms with van der Waals surface area (Å²) in [6.07, 6.45) is -4.45. The van der Waals surface area contributed by atoms with Crippen molar-refractivity contribution < 1.29 is 22.4 Å². The van der Waals surface area contributed by atoms with Crippen LogP contribution in [0.25, 0.3) is 10.8 Å². The van der Waals surface area contributed by atoms with Crippen LogP contribution >= 0.6 is 23.6 Å². The van der Waals surface area contributed by atoms with Crippen LogP contribution in [-0.2, 0) is 11.5 Å². The summed E-state index contributed by atoms with van der Waals surface area (Å²) >= 11 is 6.38. The van der Waals surface area contributed by atoms with Crippen molar-refractivity contribution in [1.82, 2.24) is 19.6 Å². The van der Waals surface area contributed by atoms with Gasteiger partial charge in [-0.3, -0.25) is 9.69 Å². The topological polar surface area (TPSA) is 54.5 Å². The third-order valence-corrected chi connectivity index (χ3v) is 4.08. The van der Waals surface area contributed by atoms with Gasteiger partial charge in [-0.05, 0) is 23.7 Å². The highest BCUT2D eigenvalue weighted by molar-refractivity contribution is 7.71. The van der Waals surface area contributed by atoms with E-state index in [4.69, 9.17) is 16.6 Å². The molecule has 0 saturated heterocycles. The summed E-state index contributed by atoms with van der Waals surface area (Å²) in [5.41, 5.74) is 0. The maximum Gasteiger partial charge on any atom is 0.401 e. The molecule has 0 aliphatic rings. The van der Waals surface area contributed by atoms with Gasteiger partial charge in [0.25, 0.3) is 10.7 Å². The number of thiophene rings is 1. The largest absolute Gasteiger partial charge is 0.408 e. The van der Waals surface area contributed by atoms with Crippen molar-refractivity contribution in [1.29, 1.82) is 0 Å². The molecule has 2 aromatic rings. The second-order valence-corrected chi connectivity index (χ2v) is 6.48. The third kappa shape index (κ3) is 5.14. The lowest BCUT2D eigenvalue weighted by molar-refractivity contribution is -0.154. The van der Waals surface area contributed by atoms with E-state index in [0.717, 1.165) is 9.58 Å². The molecule has 6 nitrogen and oxygen atoms in total. The molecule has 132 valence electrons. The fraction of sp³-hybridized carbons (Fsp3) is 0.462. The number of likely N-dealkylation sites (N-methyl/N-ethyl adjacent to an activating group) is 1. The first-order valence-corrected chi connectivity index (χ1v) is 8.05. The van der Waals surface area contributed by atoms with Gasteiger partial charge in [0, 0.05) is 14.1 Å². The van der Waals surface area contributed by atoms with Gasteiger partial charge in [0.15, 0.2) is 0 Å². The van der Waals surface area contributed by atoms with Gasteiger partial charge in [-0.25, -0.2) is 4.68 Å². The minimum absolute atomic E-state index is 0.0529. The van der Waals surface area contributed by atoms with Crippen molar-refractivity contribution in [2.75, 3.05) is 27.2 Å². The molecule has 2 rings (SSSR count). The average Bonchev–Trinajstić information content (AvgIpc) is 3.07. The lowest BCUT2D eigenvalue weighted by Gasteiger charge is -2.23. The molecule has 0 spiro atoms. The molecule has 0 fully saturated rings. The van der Waals surface area contributed by atoms with Crippen LogP contribution in [0.5, 0.6) is 0 Å². The van der Waals surface area contributed by atoms with Crippen LogP contribution in [0.2, 0.25) is 0 Å². The van der Waals surface area contributed by atoms with Crippen LogP contribution in [0.1, 0.15) is 0 Å². The lowest BCUT2D eigenvalue weighted by Crippen LogP contribution is -2.42. The quantitative estimate of drug-likeness (QED) is 0.722. The maximum atomic E-state index is 12.7. The van der Waals surface area contributed by atoms with Crippen molar-refractivity contribution in [2.24, 2.45) is 0 Å². The molecule has 2 aromatic heterocycles. The summed E-state index contributed by atoms with van der Waals surface area (Å²) < 4.78 is 44.7. The molecule has 1 amide bonds. The number of halogens is 3. The summed E-state index contributed by atoms with van der Waals surface area (Å²) in [7, 11) is 2.95. The number of alkyl halides is 3. The van der Waals surface area contributed by atoms with Gasteiger partial charge in [0.1, 0.15) is 0 Å². The van der Waals surface area contributed by atoms with E-state index < -0.39 is 25.2 Å². The first-order chi connectivity index (χ1) is 11.2. The first kappa shape index (κ1) is 18.6. The first-order valence-electron chi connectivity index (χ1n) is 6.77. The van der Waals surface area contributed by atoms with Gasteiger partial charge in [0.05, 0.1) is 24.6 Å². The number of amides is 1. The second-order valence-electron chi connectivity index (χ2n) is 5.18. The Bertz CT molecular complexity index is 737. The lowest BCUT2D eigenvalue weighted by atomic mass is 10.4. The molecule has 0 saturated carbocycles. The van der Waals surface area contributed by atoms with Crippen LogP contribution in [0.4, 0.5) is 13.2 Å². The van der Waals surface area contributed by atoms with Crippen molar-refractivity contribution in [3.05, 3.63) is 22.4 Å². The highest BCUT2D eigenvalue weighted by atomic mass is 32.1. The molecule has 0 atom stereocenters. The Morgan fingerprint density at radius 1 is 1.46 bits per heavy atom. The predicted octanol–water partition coefficient (Wildman–Crippen LogP) is 2.84. The molecule has 0 aliphatic carbocycles. The zero-order chi connectivity index (χ0) is 17.9. The van der Waals surface area contributed by atoms with E-state index in [1.54, 1.807) is 12.1 Å². The van der Waals surface area contributed by atoms with Gasteiger partial charge in [0.2, 0.25) is 5.91 Å². The summed E-state index contributed by atoms with van der Waals surface area (Å²) in [6, 6.07) is 3.56. The van der Waals surface area contributed by atoms with Crippen molar-refractivity contribution in [3.8, 4) is 10.8 Å². The normalized spacial score (nSPS) is 11.9. The number of carbonyl (C=O) groups is 1. The standard InChI is InChI=1S/C13H15F3N4O2S2/c1-18(2)10(21)6-19(7-13(14,15)16)8-20-12(23)22-11(17-20)9-4-3-5-24-9/h3-5H,6-8H2,1-2H3. The van der Waals surface area contributed by atoms with Gasteiger partial charge in [-0.1, -0.05) is 6.07 Å². The molecule has 24 heavy (non-hydrogen) atoms. The van der Waals surface area contributed by atoms with Gasteiger partial charge < -0.3 is 9.32 Å². The third-order valence-electron chi connectivity index (χ3n) is 2.93. The Kier molecular flexibility index (Phi) is 5.78. The van der Waals surface area contributed by atoms with E-state index in [2.05, 4.69) is 5.10 Å². The minimum Gasteiger partial charge on any atom is -0.408 e. The summed E-state index contributed by atoms with van der Waals surface area (Å²) in [5, 5.41) is 5.91. The zero-order valence-corrected chi connectivity index (χ0v) is 14.5. The smallest absolute Gasteiger partial charge is 0.401 e. The molecule has 0 radical (unpaired) electrons. The molecule has 11 heteroatoms. The predicted molar refractivity (Wildman–Crippen MR) is 85.0 cm³/mol. The summed E-state index contributed by atoms with van der Waals surface area (Å²) in [5.74, 6) is -0.214. The van der Waals surface area contributed by atoms with Crippen LogP contribution in [0.3, 0.4) is 0 Å². The highest BCUT2D eigenvalue weighted by Crippen LogP contribution is 2.23. The van der Waals surface area contributed by atoms with Crippen LogP contribution in [0, 0.1) is 4.84 Å². The molecular weight excluding hydrogens is 365 g/mol. The van der Waals surface area contributed by atoms with Gasteiger partial charge in [-0.2, -0.15) is 13.2 Å². The summed E-state index contributed by atoms with van der Waals surface area (Å²) in [4.78, 5) is 14.5. The Labute approximate surface area is 145 Å². The molecule has 0 N–H and O–H groups in total. The van der Waals surface area contributed by atoms with Gasteiger partial charge in [-0.15, -0.1) is 16.4 Å². The van der Waals surface area contributed by atoms with Crippen LogP contribution in [-0.4, -0.2) is 58.8 Å². The van der Waals surface area contributed by atoms with E-state index in [9.17, 15) is 18.0 Å². The Hall–Kier alpha value is -1.72. The SMILES string of the molecule is CN(C)C(=O)CN(Cn1nc(-c2cccs2)oc1=S)CC(F)(F)F. The van der Waals surface area contributed by atoms with Crippen LogP contribution in [0.15, 0.2) is 21.9 Å². The van der Waals surface area contributed by atoms with E-state index in [0.29, 0.717) is 4.88 Å². The minimum atomic E-state index is -4.45. The van der Waals surface area contributed by atoms with E-state index in [1.165, 1.54) is 30.3 Å². The Balaban J connectivity index is 2.19. The van der Waals surface area contributed by atoms with Crippen molar-refractivity contribution >= 4 is 29.5 Å². The number of carbonyl (C=O) groups excluding carboxylic acids is 1. The second kappa shape index (κ2) is 7.45. The van der Waals surface area contributed by atoms with E-state index in [1.807, 2.05) is 5.38 Å². The molecule has 0 unspecified atom stereocenters. The molecule has 0 bridgehead atoms. The fourth-order valence-electron chi connectivity index (χ4n) is 1.83. The molecular formula is C13H15F3N4O2S2. The number of nitrogens with zero attached hydrogens (tertiary/aromatic N) is 4. The van der Waals surface area contributed by atoms with E-state index >= 15 is 0 Å². The average molecular weight is 380 g/mol. The number of hydrogen-bond donors (Lipinski definition) is 0. The maximum absolute atomic E-state index is 12.7. The Morgan fingerprint density at radius 2 is 2.17 bits per heavy atom. The zero-order valence-electron chi connectivity index (χ0n) is 12.9. The fourth-order valence-corrected chi connectivity index (χ4v) is 2.65. The molecule has 2 heterocycles. The Morgan fingerprint density at radius 3 is 2.71 bits per heavy atom. The van der Waals surface area contributed by atoms with Crippen molar-refractivity contribution in [3.63, 3.8) is 0 Å². The highest BCUT2D eigenvalue weighted by Gasteiger charge is 2.32. The van der Waals surface area contributed by atoms with Crippen LogP contribution < -0.4 is 0 Å². The number of hydrogen-bond acceptors (Lipinski definition) is 6. The number of rotatable bonds is 6. The number of aromatic nitrogens is 2. The van der Waals surface area contributed by atoms with Crippen molar-refractivity contribution in [2.45, 2.75) is 12.8 Å². The monoisotopic (exact) mass is 380 g/mol. The van der Waals surface area contributed by atoms with Gasteiger partial charge >= 0.3 is 6.18 Å². The summed E-state index contributed by atoms with van der Waals surface area (Å²) in [6.45, 7) is -1.96. The van der Waals surface area contributed by atoms with E-state index in [-0.39, 0.29) is 17.4 Å². The molecule has 0 aromatic carbocycles.